The summed E-state index contributed by atoms with van der Waals surface area (Å²) in [6, 6.07) is 3.07. The lowest BCUT2D eigenvalue weighted by Gasteiger charge is -2.39. The standard InChI is InChI=1S/C10H9F2N3/c1-2-8-3-7(13)4-9(14-8)15-5-10(11,12)6-15/h1,3-4H,5-6H2,(H2,13,14). The van der Waals surface area contributed by atoms with Gasteiger partial charge in [-0.3, -0.25) is 0 Å². The van der Waals surface area contributed by atoms with Gasteiger partial charge in [-0.15, -0.1) is 6.42 Å². The summed E-state index contributed by atoms with van der Waals surface area (Å²) in [5.74, 6) is 0.115. The number of nitrogens with two attached hydrogens (primary N) is 1. The molecule has 15 heavy (non-hydrogen) atoms. The molecule has 0 amide bonds. The molecule has 1 aliphatic rings. The predicted octanol–water partition coefficient (Wildman–Crippen LogP) is 1.10. The fraction of sp³-hybridized carbons (Fsp3) is 0.300. The van der Waals surface area contributed by atoms with Crippen LogP contribution in [0.4, 0.5) is 20.3 Å². The van der Waals surface area contributed by atoms with Crippen molar-refractivity contribution in [3.63, 3.8) is 0 Å². The summed E-state index contributed by atoms with van der Waals surface area (Å²) in [5, 5.41) is 0. The van der Waals surface area contributed by atoms with Crippen LogP contribution < -0.4 is 10.6 Å². The molecule has 1 aliphatic heterocycles. The third kappa shape index (κ3) is 1.84. The smallest absolute Gasteiger partial charge is 0.282 e. The first-order valence-corrected chi connectivity index (χ1v) is 4.37. The van der Waals surface area contributed by atoms with E-state index in [1.54, 1.807) is 0 Å². The minimum absolute atomic E-state index is 0.326. The summed E-state index contributed by atoms with van der Waals surface area (Å²) in [7, 11) is 0. The molecule has 0 spiro atoms. The number of halogens is 2. The van der Waals surface area contributed by atoms with Crippen molar-refractivity contribution in [2.45, 2.75) is 5.92 Å². The van der Waals surface area contributed by atoms with Crippen molar-refractivity contribution in [2.75, 3.05) is 23.7 Å². The Balaban J connectivity index is 2.24. The molecule has 0 aliphatic carbocycles. The van der Waals surface area contributed by atoms with E-state index >= 15 is 0 Å². The van der Waals surface area contributed by atoms with Gasteiger partial charge in [-0.05, 0) is 6.07 Å². The third-order valence-electron chi connectivity index (χ3n) is 2.15. The molecule has 0 atom stereocenters. The van der Waals surface area contributed by atoms with Gasteiger partial charge in [0, 0.05) is 11.8 Å². The van der Waals surface area contributed by atoms with Gasteiger partial charge in [0.25, 0.3) is 5.92 Å². The highest BCUT2D eigenvalue weighted by Crippen LogP contribution is 2.31. The number of pyridine rings is 1. The number of alkyl halides is 2. The highest BCUT2D eigenvalue weighted by Gasteiger charge is 2.44. The Morgan fingerprint density at radius 3 is 2.67 bits per heavy atom. The van der Waals surface area contributed by atoms with E-state index in [2.05, 4.69) is 10.9 Å². The molecule has 0 aromatic carbocycles. The molecule has 1 aromatic heterocycles. The van der Waals surface area contributed by atoms with Gasteiger partial charge in [-0.1, -0.05) is 5.92 Å². The Kier molecular flexibility index (Phi) is 2.00. The topological polar surface area (TPSA) is 42.1 Å². The number of anilines is 2. The Morgan fingerprint density at radius 1 is 1.47 bits per heavy atom. The van der Waals surface area contributed by atoms with Crippen molar-refractivity contribution in [3.05, 3.63) is 17.8 Å². The van der Waals surface area contributed by atoms with Crippen molar-refractivity contribution in [1.82, 2.24) is 4.98 Å². The molecule has 0 saturated carbocycles. The second-order valence-electron chi connectivity index (χ2n) is 3.50. The molecule has 0 bridgehead atoms. The second kappa shape index (κ2) is 3.09. The summed E-state index contributed by atoms with van der Waals surface area (Å²) >= 11 is 0. The summed E-state index contributed by atoms with van der Waals surface area (Å²) in [4.78, 5) is 5.46. The van der Waals surface area contributed by atoms with Crippen molar-refractivity contribution in [1.29, 1.82) is 0 Å². The molecule has 0 unspecified atom stereocenters. The minimum Gasteiger partial charge on any atom is -0.399 e. The number of aromatic nitrogens is 1. The van der Waals surface area contributed by atoms with Gasteiger partial charge in [-0.2, -0.15) is 0 Å². The van der Waals surface area contributed by atoms with Crippen LogP contribution in [0.3, 0.4) is 0 Å². The Labute approximate surface area is 85.9 Å². The SMILES string of the molecule is C#Cc1cc(N)cc(N2CC(F)(F)C2)n1. The van der Waals surface area contributed by atoms with Gasteiger partial charge in [0.2, 0.25) is 0 Å². The fourth-order valence-corrected chi connectivity index (χ4v) is 1.45. The van der Waals surface area contributed by atoms with E-state index in [1.165, 1.54) is 17.0 Å². The fourth-order valence-electron chi connectivity index (χ4n) is 1.45. The van der Waals surface area contributed by atoms with Gasteiger partial charge in [0.15, 0.2) is 0 Å². The van der Waals surface area contributed by atoms with E-state index in [0.29, 0.717) is 17.2 Å². The van der Waals surface area contributed by atoms with Gasteiger partial charge >= 0.3 is 0 Å². The summed E-state index contributed by atoms with van der Waals surface area (Å²) in [6.07, 6.45) is 5.17. The van der Waals surface area contributed by atoms with Crippen molar-refractivity contribution < 1.29 is 8.78 Å². The molecule has 2 N–H and O–H groups in total. The van der Waals surface area contributed by atoms with E-state index in [4.69, 9.17) is 12.2 Å². The average molecular weight is 209 g/mol. The van der Waals surface area contributed by atoms with E-state index in [1.807, 2.05) is 0 Å². The van der Waals surface area contributed by atoms with Crippen LogP contribution in [-0.2, 0) is 0 Å². The Bertz CT molecular complexity index is 429. The van der Waals surface area contributed by atoms with E-state index in [9.17, 15) is 8.78 Å². The van der Waals surface area contributed by atoms with Crippen LogP contribution in [-0.4, -0.2) is 24.0 Å². The van der Waals surface area contributed by atoms with E-state index < -0.39 is 5.92 Å². The zero-order valence-corrected chi connectivity index (χ0v) is 7.87. The summed E-state index contributed by atoms with van der Waals surface area (Å²) < 4.78 is 25.2. The van der Waals surface area contributed by atoms with Crippen LogP contribution in [0.15, 0.2) is 12.1 Å². The van der Waals surface area contributed by atoms with Crippen molar-refractivity contribution >= 4 is 11.5 Å². The number of hydrogen-bond donors (Lipinski definition) is 1. The zero-order chi connectivity index (χ0) is 11.1. The molecular weight excluding hydrogens is 200 g/mol. The van der Waals surface area contributed by atoms with Crippen LogP contribution in [0.25, 0.3) is 0 Å². The van der Waals surface area contributed by atoms with Crippen LogP contribution in [0, 0.1) is 12.3 Å². The first kappa shape index (κ1) is 9.71. The maximum atomic E-state index is 12.6. The molecule has 2 heterocycles. The molecule has 1 aromatic rings. The third-order valence-corrected chi connectivity index (χ3v) is 2.15. The van der Waals surface area contributed by atoms with Crippen LogP contribution in [0.5, 0.6) is 0 Å². The number of terminal acetylenes is 1. The van der Waals surface area contributed by atoms with Gasteiger partial charge in [0.05, 0.1) is 13.1 Å². The number of hydrogen-bond acceptors (Lipinski definition) is 3. The van der Waals surface area contributed by atoms with Gasteiger partial charge in [0.1, 0.15) is 11.5 Å². The molecular formula is C10H9F2N3. The predicted molar refractivity (Wildman–Crippen MR) is 53.7 cm³/mol. The van der Waals surface area contributed by atoms with Crippen molar-refractivity contribution in [2.24, 2.45) is 0 Å². The number of nitrogens with zero attached hydrogens (tertiary/aromatic N) is 2. The van der Waals surface area contributed by atoms with Gasteiger partial charge < -0.3 is 10.6 Å². The average Bonchev–Trinajstić information content (AvgIpc) is 2.13. The number of rotatable bonds is 1. The minimum atomic E-state index is -2.62. The maximum absolute atomic E-state index is 12.6. The highest BCUT2D eigenvalue weighted by molar-refractivity contribution is 5.56. The maximum Gasteiger partial charge on any atom is 0.282 e. The zero-order valence-electron chi connectivity index (χ0n) is 7.87. The lowest BCUT2D eigenvalue weighted by molar-refractivity contribution is -0.0267. The Hall–Kier alpha value is -1.83. The highest BCUT2D eigenvalue weighted by atomic mass is 19.3. The molecule has 0 radical (unpaired) electrons. The molecule has 3 nitrogen and oxygen atoms in total. The van der Waals surface area contributed by atoms with Gasteiger partial charge in [-0.25, -0.2) is 13.8 Å². The normalized spacial score (nSPS) is 18.1. The first-order valence-electron chi connectivity index (χ1n) is 4.37. The molecule has 1 fully saturated rings. The molecule has 78 valence electrons. The first-order chi connectivity index (χ1) is 7.00. The van der Waals surface area contributed by atoms with Crippen LogP contribution >= 0.6 is 0 Å². The summed E-state index contributed by atoms with van der Waals surface area (Å²) in [6.45, 7) is -0.652. The van der Waals surface area contributed by atoms with Crippen molar-refractivity contribution in [3.8, 4) is 12.3 Å². The number of nitrogen functional groups attached to an aromatic ring is 1. The lowest BCUT2D eigenvalue weighted by Crippen LogP contribution is -2.56. The quantitative estimate of drug-likeness (QED) is 0.704. The monoisotopic (exact) mass is 209 g/mol. The van der Waals surface area contributed by atoms with Crippen LogP contribution in [0.1, 0.15) is 5.69 Å². The Morgan fingerprint density at radius 2 is 2.13 bits per heavy atom. The van der Waals surface area contributed by atoms with E-state index in [-0.39, 0.29) is 13.1 Å². The molecule has 5 heteroatoms. The second-order valence-corrected chi connectivity index (χ2v) is 3.50. The molecule has 1 saturated heterocycles. The van der Waals surface area contributed by atoms with Crippen LogP contribution in [0.2, 0.25) is 0 Å². The lowest BCUT2D eigenvalue weighted by atomic mass is 10.1. The molecule has 2 rings (SSSR count). The summed E-state index contributed by atoms with van der Waals surface area (Å²) in [5.41, 5.74) is 6.36. The largest absolute Gasteiger partial charge is 0.399 e. The van der Waals surface area contributed by atoms with E-state index in [0.717, 1.165) is 0 Å².